The largest absolute Gasteiger partial charge is 0.505 e. The number of ether oxygens (including phenoxy) is 2. The van der Waals surface area contributed by atoms with Crippen LogP contribution in [0, 0.1) is 17.8 Å². The Labute approximate surface area is 656 Å². The summed E-state index contributed by atoms with van der Waals surface area (Å²) in [5, 5.41) is 31.8. The lowest BCUT2D eigenvalue weighted by Gasteiger charge is -2.42. The van der Waals surface area contributed by atoms with Crippen LogP contribution in [0.4, 0.5) is 5.69 Å². The molecular weight excluding hydrogens is 1460 g/mol. The van der Waals surface area contributed by atoms with Gasteiger partial charge in [0.25, 0.3) is 11.8 Å². The predicted octanol–water partition coefficient (Wildman–Crippen LogP) is 6.44. The maximum Gasteiger partial charge on any atom is 0.333 e. The standard InChI is InChI=1S/C81H105N11O17S2/c1-11-81(7)80(106)90-36-21-25-59(90)76(102)89(10)61(41-52-28-30-55(31-29-52)88(8)9)77(103)92-45-54(63(96)44-60(92)72(98)86-68(53-23-15-14-16-24-53)78(104)108-51(6)67(74(100)87-81)85-73(99)69-62(95)26-20-35-83-69)47-110-38-17-12-13-18-39-111-64-33-37-91-70(64)79(105)109-71(48(2)3)50(5)27-32-65(97)82-34-19-22-49(4)40-56(93)42-57(94)43-66-84-58(46-107-66)75(91)101/h14-16,19-20,22-24,26-32,35,40,46,48,50-51,54,56,59-61,64,67-68,70-71,93,95H,11-13,17-18,21,25,33-34,36-39,41-45,47H2,1-10H3,(H,82,97)(H,85,99)(H,86,98)(H,87,100)/b22-19+,32-27+,49-40+/t50-,51-,54?,56-,59+,60+,61+,64?,67+,68+,70?,71-,81+/m1/s1. The van der Waals surface area contributed by atoms with E-state index >= 15 is 19.2 Å². The number of ketones is 2. The highest BCUT2D eigenvalue weighted by molar-refractivity contribution is 8.00. The van der Waals surface area contributed by atoms with Crippen LogP contribution in [0.3, 0.4) is 0 Å². The number of oxazole rings is 1. The van der Waals surface area contributed by atoms with Gasteiger partial charge in [-0.2, -0.15) is 23.5 Å². The Morgan fingerprint density at radius 3 is 2.26 bits per heavy atom. The van der Waals surface area contributed by atoms with E-state index in [4.69, 9.17) is 13.9 Å². The number of aliphatic hydroxyl groups is 1. The molecular formula is C81H105N11O17S2. The lowest BCUT2D eigenvalue weighted by atomic mass is 9.90. The van der Waals surface area contributed by atoms with Crippen molar-refractivity contribution in [1.29, 1.82) is 0 Å². The molecule has 5 aliphatic heterocycles. The lowest BCUT2D eigenvalue weighted by Crippen LogP contribution is -2.65. The minimum atomic E-state index is -1.77. The van der Waals surface area contributed by atoms with Gasteiger partial charge in [-0.25, -0.2) is 19.6 Å². The number of carbonyl (C=O) groups is 12. The Kier molecular flexibility index (Phi) is 30.3. The highest BCUT2D eigenvalue weighted by Gasteiger charge is 2.51. The highest BCUT2D eigenvalue weighted by Crippen LogP contribution is 2.35. The van der Waals surface area contributed by atoms with Crippen molar-refractivity contribution in [2.24, 2.45) is 17.8 Å². The number of hydrogen-bond donors (Lipinski definition) is 6. The number of thioether (sulfide) groups is 2. The van der Waals surface area contributed by atoms with Crippen molar-refractivity contribution >= 4 is 100.0 Å². The first-order valence-corrected chi connectivity index (χ1v) is 40.3. The second kappa shape index (κ2) is 39.5. The van der Waals surface area contributed by atoms with Crippen LogP contribution in [0.1, 0.15) is 157 Å². The number of esters is 2. The number of pyridine rings is 1. The molecule has 2 aromatic carbocycles. The van der Waals surface area contributed by atoms with E-state index in [0.29, 0.717) is 35.5 Å². The zero-order valence-corrected chi connectivity index (χ0v) is 66.4. The van der Waals surface area contributed by atoms with Crippen LogP contribution < -0.4 is 26.2 Å². The van der Waals surface area contributed by atoms with Crippen LogP contribution in [0.25, 0.3) is 0 Å². The van der Waals surface area contributed by atoms with Crippen molar-refractivity contribution in [3.05, 3.63) is 144 Å². The molecule has 9 rings (SSSR count). The molecule has 30 heteroatoms. The molecule has 598 valence electrons. The number of anilines is 1. The van der Waals surface area contributed by atoms with Gasteiger partial charge in [0.05, 0.1) is 12.5 Å². The number of fused-ring (bicyclic) bond motifs is 5. The normalized spacial score (nSPS) is 27.9. The average molecular weight is 1570 g/mol. The van der Waals surface area contributed by atoms with Crippen LogP contribution in [0.15, 0.2) is 120 Å². The minimum absolute atomic E-state index is 0.0135. The summed E-state index contributed by atoms with van der Waals surface area (Å²) in [7, 11) is 5.24. The molecule has 4 fully saturated rings. The van der Waals surface area contributed by atoms with E-state index in [1.54, 1.807) is 74.2 Å². The number of Topliss-reactive ketones (excluding diaryl/α,β-unsaturated/α-hetero) is 2. The Bertz CT molecular complexity index is 4110. The Balaban J connectivity index is 0.919. The monoisotopic (exact) mass is 1570 g/mol. The summed E-state index contributed by atoms with van der Waals surface area (Å²) in [6.45, 7) is 12.1. The Morgan fingerprint density at radius 2 is 1.56 bits per heavy atom. The zero-order chi connectivity index (χ0) is 80.4. The SMILES string of the molecule is CC[C@]1(C)NC(=O)[C@@H](NC(=O)c2ncccc2O)[C@@H](C)OC(=O)[C@H](c2ccccc2)NC(=O)[C@@H]2CC(=O)C(CSCCCCCCSC3CCN4C(=O)c5coc(n5)CC(=O)C[C@H](O)/C=C(C)/C=C/CNC(=O)/C=C/[C@@H](C)[C@@H](C(C)C)OC(=O)C34)CN2C(=O)[C@H](Cc2ccc(N(C)C)cc2)N(C)C(=O)[C@@H]2CCCN2C1=O. The molecule has 6 N–H and O–H groups in total. The van der Waals surface area contributed by atoms with Gasteiger partial charge in [-0.05, 0) is 118 Å². The Hall–Kier alpha value is -9.68. The van der Waals surface area contributed by atoms with Crippen LogP contribution in [-0.2, 0) is 70.3 Å². The summed E-state index contributed by atoms with van der Waals surface area (Å²) < 4.78 is 18.0. The maximum absolute atomic E-state index is 16.0. The second-order valence-corrected chi connectivity index (χ2v) is 32.4. The lowest BCUT2D eigenvalue weighted by molar-refractivity contribution is -0.158. The fourth-order valence-electron chi connectivity index (χ4n) is 14.5. The number of nitrogens with zero attached hydrogens (tertiary/aromatic N) is 7. The summed E-state index contributed by atoms with van der Waals surface area (Å²) in [6, 6.07) is 9.63. The summed E-state index contributed by atoms with van der Waals surface area (Å²) in [4.78, 5) is 191. The van der Waals surface area contributed by atoms with Gasteiger partial charge in [0.2, 0.25) is 41.3 Å². The number of aromatic nitrogens is 2. The van der Waals surface area contributed by atoms with Gasteiger partial charge < -0.3 is 69.9 Å². The van der Waals surface area contributed by atoms with Crippen molar-refractivity contribution in [1.82, 2.24) is 50.8 Å². The number of aliphatic hydroxyl groups excluding tert-OH is 1. The number of nitrogens with one attached hydrogen (secondary N) is 4. The van der Waals surface area contributed by atoms with Gasteiger partial charge in [0.15, 0.2) is 17.4 Å². The van der Waals surface area contributed by atoms with Crippen LogP contribution in [0.5, 0.6) is 5.75 Å². The third kappa shape index (κ3) is 22.1. The number of cyclic esters (lactones) is 2. The highest BCUT2D eigenvalue weighted by atomic mass is 32.2. The van der Waals surface area contributed by atoms with E-state index in [0.717, 1.165) is 31.4 Å². The molecule has 3 unspecified atom stereocenters. The molecule has 0 aliphatic carbocycles. The van der Waals surface area contributed by atoms with Gasteiger partial charge >= 0.3 is 11.9 Å². The summed E-state index contributed by atoms with van der Waals surface area (Å²) in [5.74, 6) is -8.51. The molecule has 2 bridgehead atoms. The van der Waals surface area contributed by atoms with Gasteiger partial charge in [-0.3, -0.25) is 47.9 Å². The van der Waals surface area contributed by atoms with E-state index in [2.05, 4.69) is 31.2 Å². The molecule has 0 radical (unpaired) electrons. The summed E-state index contributed by atoms with van der Waals surface area (Å²) in [5.41, 5.74) is 0.120. The van der Waals surface area contributed by atoms with Gasteiger partial charge in [0.1, 0.15) is 71.5 Å². The number of rotatable bonds is 18. The number of aromatic hydroxyl groups is 1. The van der Waals surface area contributed by atoms with Crippen molar-refractivity contribution in [3.8, 4) is 5.75 Å². The second-order valence-electron chi connectivity index (χ2n) is 29.9. The first kappa shape index (κ1) is 85.3. The molecule has 4 aromatic rings. The molecule has 4 saturated heterocycles. The topological polar surface area (TPSA) is 367 Å². The number of likely N-dealkylation sites (N-methyl/N-ethyl adjacent to an activating group) is 1. The minimum Gasteiger partial charge on any atom is -0.505 e. The first-order chi connectivity index (χ1) is 53.0. The first-order valence-electron chi connectivity index (χ1n) is 38.1. The molecule has 5 aliphatic rings. The van der Waals surface area contributed by atoms with Crippen LogP contribution in [0.2, 0.25) is 0 Å². The number of allylic oxidation sites excluding steroid dienone is 2. The number of unbranched alkanes of at least 4 members (excludes halogenated alkanes) is 3. The van der Waals surface area contributed by atoms with E-state index in [-0.39, 0.29) is 110 Å². The Morgan fingerprint density at radius 1 is 0.829 bits per heavy atom. The fourth-order valence-corrected chi connectivity index (χ4v) is 17.1. The third-order valence-electron chi connectivity index (χ3n) is 21.0. The number of hydrogen-bond acceptors (Lipinski definition) is 22. The maximum atomic E-state index is 16.0. The van der Waals surface area contributed by atoms with Crippen molar-refractivity contribution < 1.29 is 81.6 Å². The number of piperidine rings is 1. The number of carbonyl (C=O) groups excluding carboxylic acids is 12. The summed E-state index contributed by atoms with van der Waals surface area (Å²) >= 11 is 3.08. The van der Waals surface area contributed by atoms with E-state index < -0.39 is 143 Å². The van der Waals surface area contributed by atoms with Gasteiger partial charge in [-0.15, -0.1) is 0 Å². The fraction of sp³-hybridized carbons (Fsp3) is 0.531. The van der Waals surface area contributed by atoms with Crippen molar-refractivity contribution in [2.45, 2.75) is 191 Å². The van der Waals surface area contributed by atoms with Gasteiger partial charge in [-0.1, -0.05) is 113 Å². The number of amides is 8. The molecule has 0 saturated carbocycles. The molecule has 0 spiro atoms. The van der Waals surface area contributed by atoms with E-state index in [1.165, 1.54) is 89.0 Å². The zero-order valence-electron chi connectivity index (χ0n) is 64.8. The smallest absolute Gasteiger partial charge is 0.333 e. The van der Waals surface area contributed by atoms with Crippen LogP contribution in [-0.4, -0.2) is 234 Å². The third-order valence-corrected chi connectivity index (χ3v) is 23.7. The van der Waals surface area contributed by atoms with Gasteiger partial charge in [0, 0.05) is 101 Å². The molecule has 13 atom stereocenters. The van der Waals surface area contributed by atoms with Crippen LogP contribution >= 0.6 is 23.5 Å². The summed E-state index contributed by atoms with van der Waals surface area (Å²) in [6.07, 6.45) is 10.2. The molecule has 8 amide bonds. The van der Waals surface area contributed by atoms with Crippen molar-refractivity contribution in [3.63, 3.8) is 0 Å². The molecule has 7 heterocycles. The van der Waals surface area contributed by atoms with E-state index in [1.807, 2.05) is 64.0 Å². The quantitative estimate of drug-likeness (QED) is 0.0461. The van der Waals surface area contributed by atoms with E-state index in [9.17, 15) is 48.6 Å². The number of benzene rings is 2. The molecule has 111 heavy (non-hydrogen) atoms. The predicted molar refractivity (Wildman–Crippen MR) is 418 cm³/mol. The molecule has 28 nitrogen and oxygen atoms in total. The molecule has 2 aromatic heterocycles. The average Bonchev–Trinajstić information content (AvgIpc) is 1.77. The van der Waals surface area contributed by atoms with Crippen molar-refractivity contribution in [2.75, 3.05) is 69.5 Å².